The third-order valence-electron chi connectivity index (χ3n) is 9.54. The maximum absolute atomic E-state index is 14.3. The van der Waals surface area contributed by atoms with E-state index in [1.54, 1.807) is 10.8 Å². The number of piperazine rings is 1. The molecule has 4 aromatic rings. The largest absolute Gasteiger partial charge is 0.369 e. The Balaban J connectivity index is 1.27. The van der Waals surface area contributed by atoms with Crippen LogP contribution in [0.2, 0.25) is 0 Å². The van der Waals surface area contributed by atoms with Crippen molar-refractivity contribution in [3.05, 3.63) is 76.2 Å². The quantitative estimate of drug-likeness (QED) is 0.305. The molecule has 2 saturated heterocycles. The minimum absolute atomic E-state index is 0.0380. The normalized spacial score (nSPS) is 17.5. The average molecular weight is 592 g/mol. The van der Waals surface area contributed by atoms with Crippen molar-refractivity contribution in [1.29, 1.82) is 0 Å². The first-order valence-electron chi connectivity index (χ1n) is 16.2. The zero-order chi connectivity index (χ0) is 30.0. The summed E-state index contributed by atoms with van der Waals surface area (Å²) in [7, 11) is 0. The molecule has 0 spiro atoms. The molecule has 0 unspecified atom stereocenters. The van der Waals surface area contributed by atoms with Crippen LogP contribution in [0.15, 0.2) is 59.5 Å². The van der Waals surface area contributed by atoms with Crippen LogP contribution in [0.4, 0.5) is 17.3 Å². The molecule has 4 heterocycles. The van der Waals surface area contributed by atoms with Crippen LogP contribution in [0.5, 0.6) is 0 Å². The van der Waals surface area contributed by atoms with Crippen molar-refractivity contribution in [2.24, 2.45) is 0 Å². The average Bonchev–Trinajstić information content (AvgIpc) is 3.79. The molecule has 0 bridgehead atoms. The molecule has 0 atom stereocenters. The van der Waals surface area contributed by atoms with E-state index in [4.69, 9.17) is 4.98 Å². The highest BCUT2D eigenvalue weighted by atomic mass is 16.2. The van der Waals surface area contributed by atoms with Crippen LogP contribution >= 0.6 is 0 Å². The monoisotopic (exact) mass is 591 g/mol. The number of pyridine rings is 1. The van der Waals surface area contributed by atoms with E-state index in [1.165, 1.54) is 29.7 Å². The van der Waals surface area contributed by atoms with Crippen molar-refractivity contribution in [2.45, 2.75) is 57.9 Å². The van der Waals surface area contributed by atoms with E-state index in [9.17, 15) is 9.59 Å². The number of rotatable bonds is 7. The van der Waals surface area contributed by atoms with Crippen LogP contribution in [-0.4, -0.2) is 64.6 Å². The van der Waals surface area contributed by atoms with Crippen molar-refractivity contribution in [3.63, 3.8) is 0 Å². The lowest BCUT2D eigenvalue weighted by atomic mass is 9.89. The fraction of sp³-hybridized carbons (Fsp3) is 0.429. The summed E-state index contributed by atoms with van der Waals surface area (Å²) in [6, 6.07) is 16.5. The lowest BCUT2D eigenvalue weighted by Crippen LogP contribution is -2.43. The maximum atomic E-state index is 14.3. The van der Waals surface area contributed by atoms with Gasteiger partial charge in [0.25, 0.3) is 5.56 Å². The molecule has 1 amide bonds. The first kappa shape index (κ1) is 28.5. The van der Waals surface area contributed by atoms with E-state index in [1.807, 2.05) is 29.2 Å². The van der Waals surface area contributed by atoms with Crippen LogP contribution < -0.4 is 21.1 Å². The van der Waals surface area contributed by atoms with Crippen LogP contribution in [0.1, 0.15) is 55.6 Å². The molecule has 9 nitrogen and oxygen atoms in total. The minimum Gasteiger partial charge on any atom is -0.369 e. The van der Waals surface area contributed by atoms with Gasteiger partial charge in [-0.2, -0.15) is 4.98 Å². The zero-order valence-electron chi connectivity index (χ0n) is 25.5. The van der Waals surface area contributed by atoms with E-state index in [0.717, 1.165) is 81.6 Å². The summed E-state index contributed by atoms with van der Waals surface area (Å²) in [5, 5.41) is 7.50. The molecule has 2 aliphatic heterocycles. The number of amides is 1. The molecule has 2 aromatic heterocycles. The Kier molecular flexibility index (Phi) is 8.04. The fourth-order valence-corrected chi connectivity index (χ4v) is 7.22. The van der Waals surface area contributed by atoms with Gasteiger partial charge >= 0.3 is 0 Å². The minimum atomic E-state index is -0.184. The van der Waals surface area contributed by atoms with Gasteiger partial charge in [0, 0.05) is 67.8 Å². The molecule has 7 rings (SSSR count). The Hall–Kier alpha value is -4.24. The van der Waals surface area contributed by atoms with Crippen molar-refractivity contribution >= 4 is 34.3 Å². The molecule has 228 valence electrons. The number of nitrogens with zero attached hydrogens (tertiary/aromatic N) is 5. The van der Waals surface area contributed by atoms with Gasteiger partial charge in [0.15, 0.2) is 0 Å². The van der Waals surface area contributed by atoms with Gasteiger partial charge in [0.1, 0.15) is 12.2 Å². The molecule has 2 aromatic carbocycles. The summed E-state index contributed by atoms with van der Waals surface area (Å²) in [6.45, 7) is 7.51. The second-order valence-corrected chi connectivity index (χ2v) is 12.4. The molecule has 1 saturated carbocycles. The smallest absolute Gasteiger partial charge is 0.260 e. The molecule has 44 heavy (non-hydrogen) atoms. The van der Waals surface area contributed by atoms with E-state index in [0.29, 0.717) is 23.1 Å². The summed E-state index contributed by atoms with van der Waals surface area (Å²) in [5.74, 6) is 0.803. The summed E-state index contributed by atoms with van der Waals surface area (Å²) in [6.07, 6.45) is 8.48. The predicted molar refractivity (Wildman–Crippen MR) is 176 cm³/mol. The van der Waals surface area contributed by atoms with Crippen molar-refractivity contribution in [1.82, 2.24) is 24.8 Å². The van der Waals surface area contributed by atoms with E-state index >= 15 is 0 Å². The van der Waals surface area contributed by atoms with Gasteiger partial charge in [-0.05, 0) is 79.5 Å². The number of carbonyl (C=O) groups excluding carboxylic acids is 1. The molecule has 3 fully saturated rings. The standard InChI is InChI=1S/C35H41N7O2/c1-24-20-27(12-13-31(24)40-18-14-36-15-19-40)38-35-37-22-26-21-30(29-11-5-4-10-28(29)25-8-2-3-9-25)34(44)42(33(26)39-35)23-32(43)41-16-6-7-17-41/h4-5,10-13,20-22,25,36H,2-3,6-9,14-19,23H2,1H3,(H,37,38,39). The topological polar surface area (TPSA) is 95.4 Å². The second kappa shape index (κ2) is 12.4. The highest BCUT2D eigenvalue weighted by Gasteiger charge is 2.25. The molecular weight excluding hydrogens is 550 g/mol. The number of carbonyl (C=O) groups is 1. The van der Waals surface area contributed by atoms with Crippen molar-refractivity contribution in [2.75, 3.05) is 49.5 Å². The molecular formula is C35H41N7O2. The summed E-state index contributed by atoms with van der Waals surface area (Å²) >= 11 is 0. The van der Waals surface area contributed by atoms with Crippen molar-refractivity contribution < 1.29 is 4.79 Å². The number of aryl methyl sites for hydroxylation is 1. The number of likely N-dealkylation sites (tertiary alicyclic amines) is 1. The van der Waals surface area contributed by atoms with Gasteiger partial charge in [-0.3, -0.25) is 14.2 Å². The Bertz CT molecular complexity index is 1730. The molecule has 1 aliphatic carbocycles. The number of anilines is 3. The Morgan fingerprint density at radius 1 is 0.955 bits per heavy atom. The van der Waals surface area contributed by atoms with Crippen LogP contribution in [0.25, 0.3) is 22.2 Å². The number of fused-ring (bicyclic) bond motifs is 1. The second-order valence-electron chi connectivity index (χ2n) is 12.4. The van der Waals surface area contributed by atoms with E-state index < -0.39 is 0 Å². The third kappa shape index (κ3) is 5.68. The molecule has 2 N–H and O–H groups in total. The Labute approximate surface area is 258 Å². The van der Waals surface area contributed by atoms with Gasteiger partial charge in [-0.15, -0.1) is 0 Å². The number of nitrogens with one attached hydrogen (secondary N) is 2. The third-order valence-corrected chi connectivity index (χ3v) is 9.54. The number of hydrogen-bond donors (Lipinski definition) is 2. The van der Waals surface area contributed by atoms with Gasteiger partial charge in [-0.25, -0.2) is 4.98 Å². The summed E-state index contributed by atoms with van der Waals surface area (Å²) in [4.78, 5) is 41.5. The fourth-order valence-electron chi connectivity index (χ4n) is 7.22. The summed E-state index contributed by atoms with van der Waals surface area (Å²) in [5.41, 5.74) is 6.36. The first-order valence-corrected chi connectivity index (χ1v) is 16.2. The number of aromatic nitrogens is 3. The number of benzene rings is 2. The molecule has 9 heteroatoms. The van der Waals surface area contributed by atoms with Gasteiger partial charge < -0.3 is 20.4 Å². The molecule has 0 radical (unpaired) electrons. The van der Waals surface area contributed by atoms with Crippen LogP contribution in [-0.2, 0) is 11.3 Å². The van der Waals surface area contributed by atoms with E-state index in [2.05, 4.69) is 51.7 Å². The van der Waals surface area contributed by atoms with Gasteiger partial charge in [0.05, 0.1) is 0 Å². The zero-order valence-corrected chi connectivity index (χ0v) is 25.5. The van der Waals surface area contributed by atoms with Crippen molar-refractivity contribution in [3.8, 4) is 11.1 Å². The van der Waals surface area contributed by atoms with Crippen LogP contribution in [0.3, 0.4) is 0 Å². The SMILES string of the molecule is Cc1cc(Nc2ncc3cc(-c4ccccc4C4CCCC4)c(=O)n(CC(=O)N4CCCC4)c3n2)ccc1N1CCNCC1. The Morgan fingerprint density at radius 2 is 1.73 bits per heavy atom. The highest BCUT2D eigenvalue weighted by Crippen LogP contribution is 2.39. The van der Waals surface area contributed by atoms with Gasteiger partial charge in [-0.1, -0.05) is 37.1 Å². The maximum Gasteiger partial charge on any atom is 0.260 e. The lowest BCUT2D eigenvalue weighted by Gasteiger charge is -2.30. The molecule has 3 aliphatic rings. The summed E-state index contributed by atoms with van der Waals surface area (Å²) < 4.78 is 1.57. The lowest BCUT2D eigenvalue weighted by molar-refractivity contribution is -0.130. The predicted octanol–water partition coefficient (Wildman–Crippen LogP) is 5.20. The van der Waals surface area contributed by atoms with Gasteiger partial charge in [0.2, 0.25) is 11.9 Å². The van der Waals surface area contributed by atoms with E-state index in [-0.39, 0.29) is 18.0 Å². The first-order chi connectivity index (χ1) is 21.5. The Morgan fingerprint density at radius 3 is 2.50 bits per heavy atom. The number of hydrogen-bond acceptors (Lipinski definition) is 7. The van der Waals surface area contributed by atoms with Crippen LogP contribution in [0, 0.1) is 6.92 Å². The highest BCUT2D eigenvalue weighted by molar-refractivity contribution is 5.85.